The summed E-state index contributed by atoms with van der Waals surface area (Å²) in [6, 6.07) is 15.8. The first kappa shape index (κ1) is 17.6. The average molecular weight is 351 g/mol. The van der Waals surface area contributed by atoms with Gasteiger partial charge in [0.05, 0.1) is 11.4 Å². The molecule has 0 N–H and O–H groups in total. The second-order valence-corrected chi connectivity index (χ2v) is 8.74. The molecule has 0 fully saturated rings. The third-order valence-corrected chi connectivity index (χ3v) is 5.26. The lowest BCUT2D eigenvalue weighted by Gasteiger charge is -2.19. The standard InChI is InChI=1S/C20H21N3OS/c1-14(23-25(24)20(2,3)4)17-13-16-11-8-12-21-19(16)22-18(17)15-9-6-5-7-10-15/h5-13H,1-4H3/b23-14+. The molecule has 1 unspecified atom stereocenters. The minimum absolute atomic E-state index is 0.403. The molecule has 5 heteroatoms. The number of hydrogen-bond acceptors (Lipinski definition) is 4. The summed E-state index contributed by atoms with van der Waals surface area (Å²) in [5.41, 5.74) is 4.07. The fourth-order valence-electron chi connectivity index (χ4n) is 2.41. The van der Waals surface area contributed by atoms with Gasteiger partial charge in [-0.25, -0.2) is 9.97 Å². The van der Waals surface area contributed by atoms with E-state index >= 15 is 0 Å². The normalized spacial score (nSPS) is 13.9. The lowest BCUT2D eigenvalue weighted by atomic mass is 10.0. The van der Waals surface area contributed by atoms with Crippen molar-refractivity contribution in [3.8, 4) is 11.3 Å². The van der Waals surface area contributed by atoms with Crippen LogP contribution >= 0.6 is 0 Å². The Morgan fingerprint density at radius 2 is 1.80 bits per heavy atom. The zero-order valence-corrected chi connectivity index (χ0v) is 15.7. The van der Waals surface area contributed by atoms with Crippen molar-refractivity contribution in [3.05, 3.63) is 60.3 Å². The summed E-state index contributed by atoms with van der Waals surface area (Å²) in [5, 5.41) is 0.938. The largest absolute Gasteiger partial charge is 0.591 e. The van der Waals surface area contributed by atoms with E-state index in [0.717, 1.165) is 22.2 Å². The lowest BCUT2D eigenvalue weighted by Crippen LogP contribution is -2.26. The molecule has 4 nitrogen and oxygen atoms in total. The van der Waals surface area contributed by atoms with Crippen LogP contribution in [-0.4, -0.2) is 25.0 Å². The molecule has 0 saturated carbocycles. The molecule has 0 saturated heterocycles. The molecule has 2 heterocycles. The highest BCUT2D eigenvalue weighted by Gasteiger charge is 2.27. The molecule has 0 aliphatic rings. The molecular formula is C20H21N3OS. The summed E-state index contributed by atoms with van der Waals surface area (Å²) in [4.78, 5) is 9.10. The molecule has 0 aliphatic carbocycles. The van der Waals surface area contributed by atoms with E-state index in [0.29, 0.717) is 11.4 Å². The maximum absolute atomic E-state index is 12.5. The Bertz CT molecular complexity index is 917. The highest BCUT2D eigenvalue weighted by Crippen LogP contribution is 2.27. The maximum atomic E-state index is 12.5. The van der Waals surface area contributed by atoms with Crippen LogP contribution in [0.25, 0.3) is 22.3 Å². The molecule has 128 valence electrons. The third-order valence-electron chi connectivity index (χ3n) is 3.77. The van der Waals surface area contributed by atoms with Crippen LogP contribution < -0.4 is 0 Å². The second kappa shape index (κ2) is 6.94. The van der Waals surface area contributed by atoms with Crippen molar-refractivity contribution in [1.82, 2.24) is 9.97 Å². The van der Waals surface area contributed by atoms with Crippen LogP contribution in [0.4, 0.5) is 0 Å². The Balaban J connectivity index is 2.20. The van der Waals surface area contributed by atoms with E-state index in [1.165, 1.54) is 0 Å². The van der Waals surface area contributed by atoms with Crippen LogP contribution in [0.5, 0.6) is 0 Å². The molecule has 0 spiro atoms. The number of benzene rings is 1. The number of hydrogen-bond donors (Lipinski definition) is 0. The summed E-state index contributed by atoms with van der Waals surface area (Å²) >= 11 is -1.32. The molecule has 25 heavy (non-hydrogen) atoms. The Kier molecular flexibility index (Phi) is 4.88. The summed E-state index contributed by atoms with van der Waals surface area (Å²) in [6.45, 7) is 7.64. The Morgan fingerprint density at radius 1 is 1.08 bits per heavy atom. The topological polar surface area (TPSA) is 61.2 Å². The van der Waals surface area contributed by atoms with Crippen molar-refractivity contribution >= 4 is 28.1 Å². The van der Waals surface area contributed by atoms with Crippen molar-refractivity contribution in [1.29, 1.82) is 0 Å². The molecular weight excluding hydrogens is 330 g/mol. The number of nitrogens with zero attached hydrogens (tertiary/aromatic N) is 3. The van der Waals surface area contributed by atoms with E-state index in [9.17, 15) is 4.55 Å². The SMILES string of the molecule is C/C(=N\[S+]([O-])C(C)(C)C)c1cc2cccnc2nc1-c1ccccc1. The van der Waals surface area contributed by atoms with Crippen molar-refractivity contribution in [2.75, 3.05) is 0 Å². The zero-order valence-electron chi connectivity index (χ0n) is 14.9. The van der Waals surface area contributed by atoms with Crippen molar-refractivity contribution in [3.63, 3.8) is 0 Å². The predicted molar refractivity (Wildman–Crippen MR) is 105 cm³/mol. The van der Waals surface area contributed by atoms with E-state index in [-0.39, 0.29) is 0 Å². The maximum Gasteiger partial charge on any atom is 0.159 e. The Morgan fingerprint density at radius 3 is 2.48 bits per heavy atom. The van der Waals surface area contributed by atoms with Crippen molar-refractivity contribution in [2.45, 2.75) is 32.4 Å². The van der Waals surface area contributed by atoms with E-state index in [1.54, 1.807) is 6.20 Å². The van der Waals surface area contributed by atoms with E-state index in [1.807, 2.05) is 76.2 Å². The second-order valence-electron chi connectivity index (χ2n) is 6.84. The fraction of sp³-hybridized carbons (Fsp3) is 0.250. The van der Waals surface area contributed by atoms with Crippen LogP contribution in [0.2, 0.25) is 0 Å². The summed E-state index contributed by atoms with van der Waals surface area (Å²) in [6.07, 6.45) is 1.74. The first-order chi connectivity index (χ1) is 11.9. The molecule has 0 bridgehead atoms. The highest BCUT2D eigenvalue weighted by molar-refractivity contribution is 7.91. The number of pyridine rings is 2. The quantitative estimate of drug-likeness (QED) is 0.513. The van der Waals surface area contributed by atoms with E-state index in [4.69, 9.17) is 4.98 Å². The first-order valence-corrected chi connectivity index (χ1v) is 9.26. The summed E-state index contributed by atoms with van der Waals surface area (Å²) in [5.74, 6) is 0. The summed E-state index contributed by atoms with van der Waals surface area (Å²) in [7, 11) is 0. The van der Waals surface area contributed by atoms with Crippen LogP contribution in [0.1, 0.15) is 33.3 Å². The molecule has 3 aromatic rings. The van der Waals surface area contributed by atoms with Gasteiger partial charge in [-0.05, 0) is 45.9 Å². The van der Waals surface area contributed by atoms with Gasteiger partial charge in [-0.1, -0.05) is 34.7 Å². The van der Waals surface area contributed by atoms with Gasteiger partial charge in [0.2, 0.25) is 0 Å². The molecule has 1 atom stereocenters. The van der Waals surface area contributed by atoms with Gasteiger partial charge >= 0.3 is 0 Å². The number of aromatic nitrogens is 2. The lowest BCUT2D eigenvalue weighted by molar-refractivity contribution is 0.561. The van der Waals surface area contributed by atoms with Gasteiger partial charge < -0.3 is 4.55 Å². The molecule has 0 aliphatic heterocycles. The van der Waals surface area contributed by atoms with Gasteiger partial charge in [-0.3, -0.25) is 0 Å². The van der Waals surface area contributed by atoms with Crippen LogP contribution in [-0.2, 0) is 11.4 Å². The van der Waals surface area contributed by atoms with Gasteiger partial charge in [0, 0.05) is 22.7 Å². The smallest absolute Gasteiger partial charge is 0.159 e. The van der Waals surface area contributed by atoms with Gasteiger partial charge in [0.25, 0.3) is 0 Å². The van der Waals surface area contributed by atoms with E-state index < -0.39 is 16.1 Å². The molecule has 2 aromatic heterocycles. The first-order valence-electron chi connectivity index (χ1n) is 8.15. The summed E-state index contributed by atoms with van der Waals surface area (Å²) < 4.78 is 16.5. The van der Waals surface area contributed by atoms with Crippen LogP contribution in [0.15, 0.2) is 59.1 Å². The zero-order chi connectivity index (χ0) is 18.0. The van der Waals surface area contributed by atoms with E-state index in [2.05, 4.69) is 9.38 Å². The molecule has 3 rings (SSSR count). The molecule has 0 radical (unpaired) electrons. The number of fused-ring (bicyclic) bond motifs is 1. The predicted octanol–water partition coefficient (Wildman–Crippen LogP) is 4.57. The van der Waals surface area contributed by atoms with Crippen LogP contribution in [0.3, 0.4) is 0 Å². The number of rotatable bonds is 3. The Hall–Kier alpha value is -2.24. The third kappa shape index (κ3) is 3.89. The molecule has 1 aromatic carbocycles. The van der Waals surface area contributed by atoms with Crippen LogP contribution in [0, 0.1) is 0 Å². The van der Waals surface area contributed by atoms with Gasteiger partial charge in [-0.2, -0.15) is 0 Å². The minimum Gasteiger partial charge on any atom is -0.591 e. The van der Waals surface area contributed by atoms with Gasteiger partial charge in [-0.15, -0.1) is 0 Å². The minimum atomic E-state index is -1.32. The van der Waals surface area contributed by atoms with Crippen molar-refractivity contribution < 1.29 is 4.55 Å². The van der Waals surface area contributed by atoms with Gasteiger partial charge in [0.1, 0.15) is 16.1 Å². The molecule has 0 amide bonds. The average Bonchev–Trinajstić information content (AvgIpc) is 2.60. The highest BCUT2D eigenvalue weighted by atomic mass is 32.2. The van der Waals surface area contributed by atoms with Crippen molar-refractivity contribution in [2.24, 2.45) is 4.40 Å². The van der Waals surface area contributed by atoms with Gasteiger partial charge in [0.15, 0.2) is 5.65 Å². The Labute approximate surface area is 151 Å². The fourth-order valence-corrected chi connectivity index (χ4v) is 3.03. The monoisotopic (exact) mass is 351 g/mol.